The predicted octanol–water partition coefficient (Wildman–Crippen LogP) is 4.64. The van der Waals surface area contributed by atoms with E-state index in [1.165, 1.54) is 5.56 Å². The monoisotopic (exact) mass is 282 g/mol. The summed E-state index contributed by atoms with van der Waals surface area (Å²) in [5.74, 6) is 1.37. The molecule has 106 valence electrons. The minimum atomic E-state index is 0.397. The van der Waals surface area contributed by atoms with Gasteiger partial charge in [0.05, 0.1) is 19.3 Å². The zero-order chi connectivity index (χ0) is 14.2. The molecule has 1 fully saturated rings. The second-order valence-corrected chi connectivity index (χ2v) is 5.91. The average Bonchev–Trinajstić information content (AvgIpc) is 3.11. The number of halogens is 1. The second kappa shape index (κ2) is 5.72. The Morgan fingerprint density at radius 2 is 2.05 bits per heavy atom. The normalized spacial score (nSPS) is 23.3. The van der Waals surface area contributed by atoms with Gasteiger partial charge in [0.1, 0.15) is 5.75 Å². The molecule has 0 aliphatic carbocycles. The Balaban J connectivity index is 2.27. The molecule has 0 aromatic heterocycles. The summed E-state index contributed by atoms with van der Waals surface area (Å²) in [5.41, 5.74) is 3.46. The van der Waals surface area contributed by atoms with Crippen molar-refractivity contribution in [2.75, 3.05) is 7.11 Å². The second-order valence-electron chi connectivity index (χ2n) is 5.51. The number of methoxy groups -OCH3 is 1. The highest BCUT2D eigenvalue weighted by atomic mass is 35.5. The molecule has 2 rings (SSSR count). The van der Waals surface area contributed by atoms with Crippen molar-refractivity contribution in [2.24, 2.45) is 0 Å². The van der Waals surface area contributed by atoms with Gasteiger partial charge in [0, 0.05) is 10.6 Å². The average molecular weight is 283 g/mol. The van der Waals surface area contributed by atoms with Gasteiger partial charge < -0.3 is 9.47 Å². The van der Waals surface area contributed by atoms with Crippen LogP contribution in [-0.2, 0) is 4.74 Å². The number of hydrogen-bond donors (Lipinski definition) is 0. The topological polar surface area (TPSA) is 21.8 Å². The van der Waals surface area contributed by atoms with Crippen molar-refractivity contribution in [1.82, 2.24) is 0 Å². The SMILES string of the molecule is CCC1OC1CC(C)c1c(C)c(Cl)cc(C)c1OC. The van der Waals surface area contributed by atoms with E-state index < -0.39 is 0 Å². The number of aryl methyl sites for hydroxylation is 1. The standard InChI is InChI=1S/C16H23ClO2/c1-6-13-14(19-13)8-9(2)15-11(4)12(17)7-10(3)16(15)18-5/h7,9,13-14H,6,8H2,1-5H3. The first kappa shape index (κ1) is 14.7. The third-order valence-corrected chi connectivity index (χ3v) is 4.47. The molecule has 0 saturated carbocycles. The van der Waals surface area contributed by atoms with Crippen molar-refractivity contribution in [1.29, 1.82) is 0 Å². The fourth-order valence-electron chi connectivity index (χ4n) is 2.95. The summed E-state index contributed by atoms with van der Waals surface area (Å²) in [4.78, 5) is 0. The molecule has 3 atom stereocenters. The third kappa shape index (κ3) is 2.90. The first-order valence-corrected chi connectivity index (χ1v) is 7.36. The van der Waals surface area contributed by atoms with Crippen LogP contribution in [0, 0.1) is 13.8 Å². The molecule has 19 heavy (non-hydrogen) atoms. The van der Waals surface area contributed by atoms with Crippen molar-refractivity contribution >= 4 is 11.6 Å². The molecule has 1 heterocycles. The summed E-state index contributed by atoms with van der Waals surface area (Å²) in [7, 11) is 1.73. The van der Waals surface area contributed by atoms with Crippen molar-refractivity contribution in [3.63, 3.8) is 0 Å². The van der Waals surface area contributed by atoms with Gasteiger partial charge in [-0.25, -0.2) is 0 Å². The first-order chi connectivity index (χ1) is 8.99. The van der Waals surface area contributed by atoms with Crippen LogP contribution in [0.4, 0.5) is 0 Å². The summed E-state index contributed by atoms with van der Waals surface area (Å²) in [6, 6.07) is 1.98. The maximum atomic E-state index is 6.31. The molecule has 1 aliphatic heterocycles. The highest BCUT2D eigenvalue weighted by Crippen LogP contribution is 2.41. The largest absolute Gasteiger partial charge is 0.496 e. The Kier molecular flexibility index (Phi) is 4.42. The van der Waals surface area contributed by atoms with Crippen LogP contribution in [0.2, 0.25) is 5.02 Å². The fourth-order valence-corrected chi connectivity index (χ4v) is 3.22. The van der Waals surface area contributed by atoms with Crippen LogP contribution >= 0.6 is 11.6 Å². The quantitative estimate of drug-likeness (QED) is 0.734. The molecule has 3 unspecified atom stereocenters. The lowest BCUT2D eigenvalue weighted by Gasteiger charge is -2.20. The number of rotatable bonds is 5. The van der Waals surface area contributed by atoms with Crippen molar-refractivity contribution in [3.8, 4) is 5.75 Å². The van der Waals surface area contributed by atoms with E-state index in [1.54, 1.807) is 7.11 Å². The van der Waals surface area contributed by atoms with Gasteiger partial charge in [-0.2, -0.15) is 0 Å². The Hall–Kier alpha value is -0.730. The van der Waals surface area contributed by atoms with E-state index in [4.69, 9.17) is 21.1 Å². The molecule has 0 radical (unpaired) electrons. The van der Waals surface area contributed by atoms with E-state index in [9.17, 15) is 0 Å². The maximum Gasteiger partial charge on any atom is 0.125 e. The van der Waals surface area contributed by atoms with E-state index in [2.05, 4.69) is 20.8 Å². The molecule has 0 N–H and O–H groups in total. The van der Waals surface area contributed by atoms with Crippen molar-refractivity contribution < 1.29 is 9.47 Å². The predicted molar refractivity (Wildman–Crippen MR) is 79.5 cm³/mol. The molecule has 0 spiro atoms. The summed E-state index contributed by atoms with van der Waals surface area (Å²) >= 11 is 6.31. The zero-order valence-corrected chi connectivity index (χ0v) is 13.2. The summed E-state index contributed by atoms with van der Waals surface area (Å²) in [6.45, 7) is 8.52. The lowest BCUT2D eigenvalue weighted by molar-refractivity contribution is 0.349. The molecule has 1 aromatic carbocycles. The summed E-state index contributed by atoms with van der Waals surface area (Å²) in [6.07, 6.45) is 3.00. The molecule has 0 bridgehead atoms. The Morgan fingerprint density at radius 3 is 2.58 bits per heavy atom. The van der Waals surface area contributed by atoms with Crippen LogP contribution in [0.3, 0.4) is 0 Å². The van der Waals surface area contributed by atoms with Gasteiger partial charge in [0.2, 0.25) is 0 Å². The maximum absolute atomic E-state index is 6.31. The molecule has 1 aromatic rings. The molecular formula is C16H23ClO2. The van der Waals surface area contributed by atoms with Crippen LogP contribution in [0.15, 0.2) is 6.07 Å². The van der Waals surface area contributed by atoms with Gasteiger partial charge >= 0.3 is 0 Å². The number of ether oxygens (including phenoxy) is 2. The molecular weight excluding hydrogens is 260 g/mol. The van der Waals surface area contributed by atoms with Gasteiger partial charge in [-0.15, -0.1) is 0 Å². The molecule has 0 amide bonds. The lowest BCUT2D eigenvalue weighted by Crippen LogP contribution is -2.06. The number of hydrogen-bond acceptors (Lipinski definition) is 2. The van der Waals surface area contributed by atoms with E-state index in [0.29, 0.717) is 18.1 Å². The van der Waals surface area contributed by atoms with Gasteiger partial charge in [0.15, 0.2) is 0 Å². The Morgan fingerprint density at radius 1 is 1.37 bits per heavy atom. The van der Waals surface area contributed by atoms with Gasteiger partial charge in [-0.3, -0.25) is 0 Å². The number of benzene rings is 1. The smallest absolute Gasteiger partial charge is 0.125 e. The van der Waals surface area contributed by atoms with E-state index >= 15 is 0 Å². The Labute approximate surface area is 121 Å². The van der Waals surface area contributed by atoms with Crippen LogP contribution in [0.25, 0.3) is 0 Å². The highest BCUT2D eigenvalue weighted by molar-refractivity contribution is 6.31. The summed E-state index contributed by atoms with van der Waals surface area (Å²) < 4.78 is 11.2. The van der Waals surface area contributed by atoms with E-state index in [1.807, 2.05) is 13.0 Å². The van der Waals surface area contributed by atoms with Gasteiger partial charge in [-0.05, 0) is 49.8 Å². The van der Waals surface area contributed by atoms with Crippen LogP contribution in [-0.4, -0.2) is 19.3 Å². The van der Waals surface area contributed by atoms with Crippen molar-refractivity contribution in [2.45, 2.75) is 58.7 Å². The molecule has 1 aliphatic rings. The first-order valence-electron chi connectivity index (χ1n) is 6.98. The molecule has 3 heteroatoms. The highest BCUT2D eigenvalue weighted by Gasteiger charge is 2.38. The van der Waals surface area contributed by atoms with Crippen LogP contribution in [0.1, 0.15) is 49.3 Å². The minimum Gasteiger partial charge on any atom is -0.496 e. The number of epoxide rings is 1. The third-order valence-electron chi connectivity index (χ3n) is 4.08. The van der Waals surface area contributed by atoms with Crippen LogP contribution in [0.5, 0.6) is 5.75 Å². The summed E-state index contributed by atoms with van der Waals surface area (Å²) in [5, 5.41) is 0.823. The van der Waals surface area contributed by atoms with Crippen LogP contribution < -0.4 is 4.74 Å². The van der Waals surface area contributed by atoms with Gasteiger partial charge in [0.25, 0.3) is 0 Å². The van der Waals surface area contributed by atoms with E-state index in [-0.39, 0.29) is 0 Å². The molecule has 2 nitrogen and oxygen atoms in total. The van der Waals surface area contributed by atoms with Crippen molar-refractivity contribution in [3.05, 3.63) is 27.8 Å². The zero-order valence-electron chi connectivity index (χ0n) is 12.4. The van der Waals surface area contributed by atoms with Gasteiger partial charge in [-0.1, -0.05) is 25.4 Å². The minimum absolute atomic E-state index is 0.397. The van der Waals surface area contributed by atoms with E-state index in [0.717, 1.165) is 34.7 Å². The lowest BCUT2D eigenvalue weighted by atomic mass is 9.89. The Bertz CT molecular complexity index is 470. The fraction of sp³-hybridized carbons (Fsp3) is 0.625. The molecule has 1 saturated heterocycles.